The van der Waals surface area contributed by atoms with E-state index in [0.717, 1.165) is 35.1 Å². The molecule has 2 unspecified atom stereocenters. The molecule has 1 saturated heterocycles. The first kappa shape index (κ1) is 39.7. The second kappa shape index (κ2) is 16.0. The number of benzene rings is 2. The summed E-state index contributed by atoms with van der Waals surface area (Å²) in [5.41, 5.74) is 3.20. The number of ether oxygens (including phenoxy) is 1. The number of hydrogen-bond acceptors (Lipinski definition) is 7. The van der Waals surface area contributed by atoms with Crippen LogP contribution in [0.15, 0.2) is 48.5 Å². The average Bonchev–Trinajstić information content (AvgIpc) is 3.89. The number of fused-ring (bicyclic) bond motifs is 3. The van der Waals surface area contributed by atoms with Crippen molar-refractivity contribution >= 4 is 35.7 Å². The molecule has 13 heteroatoms. The van der Waals surface area contributed by atoms with Gasteiger partial charge in [-0.15, -0.1) is 0 Å². The van der Waals surface area contributed by atoms with E-state index in [1.54, 1.807) is 14.1 Å². The minimum absolute atomic E-state index is 0.0297. The fourth-order valence-electron chi connectivity index (χ4n) is 9.42. The molecule has 0 bridgehead atoms. The van der Waals surface area contributed by atoms with Gasteiger partial charge in [0.25, 0.3) is 0 Å². The molecule has 2 aromatic carbocycles. The fraction of sp³-hybridized carbons (Fsp3) is 0.571. The SMILES string of the molecule is C[C@H]1C[C@@H](C(=O)N(C)C2(C(=O)N(C)C(C(=O)N(C)C(CC(=O)O)C(=O)N(C)C)C3CCCC3)CCC2)N(C(=O)OCC2c3ccccc3-c3ccccc32)C1. The summed E-state index contributed by atoms with van der Waals surface area (Å²) < 4.78 is 5.99. The molecule has 3 fully saturated rings. The first-order valence-electron chi connectivity index (χ1n) is 19.5. The highest BCUT2D eigenvalue weighted by Gasteiger charge is 2.55. The number of rotatable bonds is 12. The van der Waals surface area contributed by atoms with Crippen molar-refractivity contribution in [2.45, 2.75) is 94.3 Å². The number of aliphatic carboxylic acids is 1. The zero-order valence-corrected chi connectivity index (χ0v) is 32.9. The summed E-state index contributed by atoms with van der Waals surface area (Å²) in [6.45, 7) is 2.46. The van der Waals surface area contributed by atoms with E-state index in [9.17, 15) is 33.9 Å². The monoisotopic (exact) mass is 757 g/mol. The van der Waals surface area contributed by atoms with Crippen molar-refractivity contribution in [3.63, 3.8) is 0 Å². The number of carboxylic acids is 1. The Labute approximate surface area is 323 Å². The lowest BCUT2D eigenvalue weighted by Gasteiger charge is -2.51. The lowest BCUT2D eigenvalue weighted by Crippen LogP contribution is -2.68. The van der Waals surface area contributed by atoms with Gasteiger partial charge in [0.1, 0.15) is 30.3 Å². The van der Waals surface area contributed by atoms with Crippen molar-refractivity contribution in [3.05, 3.63) is 59.7 Å². The van der Waals surface area contributed by atoms with Gasteiger partial charge in [0.15, 0.2) is 0 Å². The van der Waals surface area contributed by atoms with Crippen LogP contribution in [0.25, 0.3) is 11.1 Å². The van der Waals surface area contributed by atoms with E-state index >= 15 is 0 Å². The largest absolute Gasteiger partial charge is 0.481 e. The van der Waals surface area contributed by atoms with Crippen LogP contribution in [0.1, 0.15) is 81.8 Å². The number of likely N-dealkylation sites (N-methyl/N-ethyl adjacent to an activating group) is 4. The lowest BCUT2D eigenvalue weighted by molar-refractivity contribution is -0.165. The van der Waals surface area contributed by atoms with Crippen molar-refractivity contribution in [1.29, 1.82) is 0 Å². The zero-order chi connectivity index (χ0) is 39.8. The van der Waals surface area contributed by atoms with E-state index in [-0.39, 0.29) is 36.2 Å². The smallest absolute Gasteiger partial charge is 0.410 e. The van der Waals surface area contributed by atoms with Crippen LogP contribution in [0.5, 0.6) is 0 Å². The number of amides is 5. The maximum Gasteiger partial charge on any atom is 0.410 e. The Morgan fingerprint density at radius 2 is 1.42 bits per heavy atom. The molecule has 1 aliphatic heterocycles. The van der Waals surface area contributed by atoms with Crippen molar-refractivity contribution in [1.82, 2.24) is 24.5 Å². The van der Waals surface area contributed by atoms with Crippen LogP contribution in [-0.2, 0) is 28.7 Å². The molecule has 5 amide bonds. The first-order chi connectivity index (χ1) is 26.2. The van der Waals surface area contributed by atoms with Crippen molar-refractivity contribution in [2.24, 2.45) is 11.8 Å². The highest BCUT2D eigenvalue weighted by atomic mass is 16.6. The Balaban J connectivity index is 1.19. The number of carboxylic acid groups (broad SMARTS) is 1. The van der Waals surface area contributed by atoms with Crippen LogP contribution in [0.3, 0.4) is 0 Å². The van der Waals surface area contributed by atoms with Gasteiger partial charge in [0.05, 0.1) is 6.42 Å². The van der Waals surface area contributed by atoms with Gasteiger partial charge in [-0.3, -0.25) is 28.9 Å². The molecule has 0 radical (unpaired) electrons. The van der Waals surface area contributed by atoms with Gasteiger partial charge < -0.3 is 29.4 Å². The molecule has 2 aromatic rings. The summed E-state index contributed by atoms with van der Waals surface area (Å²) in [4.78, 5) is 89.1. The summed E-state index contributed by atoms with van der Waals surface area (Å²) in [6, 6.07) is 13.2. The molecular formula is C42H55N5O8. The predicted octanol–water partition coefficient (Wildman–Crippen LogP) is 4.43. The second-order valence-corrected chi connectivity index (χ2v) is 16.3. The first-order valence-corrected chi connectivity index (χ1v) is 19.5. The number of likely N-dealkylation sites (tertiary alicyclic amines) is 1. The van der Waals surface area contributed by atoms with Crippen LogP contribution in [0.2, 0.25) is 0 Å². The van der Waals surface area contributed by atoms with Crippen LogP contribution in [0.4, 0.5) is 4.79 Å². The minimum Gasteiger partial charge on any atom is -0.481 e. The molecule has 13 nitrogen and oxygen atoms in total. The van der Waals surface area contributed by atoms with E-state index in [1.165, 1.54) is 45.6 Å². The van der Waals surface area contributed by atoms with E-state index in [2.05, 4.69) is 24.3 Å². The van der Waals surface area contributed by atoms with Crippen molar-refractivity contribution in [3.8, 4) is 11.1 Å². The molecular weight excluding hydrogens is 702 g/mol. The highest BCUT2D eigenvalue weighted by Crippen LogP contribution is 2.45. The number of hydrogen-bond donors (Lipinski definition) is 1. The Morgan fingerprint density at radius 3 is 1.95 bits per heavy atom. The number of nitrogens with zero attached hydrogens (tertiary/aromatic N) is 5. The van der Waals surface area contributed by atoms with Crippen molar-refractivity contribution in [2.75, 3.05) is 48.4 Å². The summed E-state index contributed by atoms with van der Waals surface area (Å²) in [6.07, 6.45) is 3.93. The molecule has 3 aliphatic carbocycles. The van der Waals surface area contributed by atoms with Gasteiger partial charge in [-0.05, 0) is 72.6 Å². The topological polar surface area (TPSA) is 148 Å². The Hall–Kier alpha value is -4.94. The summed E-state index contributed by atoms with van der Waals surface area (Å²) in [5, 5.41) is 9.62. The van der Waals surface area contributed by atoms with E-state index < -0.39 is 54.0 Å². The van der Waals surface area contributed by atoms with E-state index in [1.807, 2.05) is 31.2 Å². The number of carbonyl (C=O) groups is 6. The molecule has 6 rings (SSSR count). The number of carbonyl (C=O) groups excluding carboxylic acids is 5. The molecule has 1 N–H and O–H groups in total. The van der Waals surface area contributed by atoms with Crippen LogP contribution in [-0.4, -0.2) is 137 Å². The predicted molar refractivity (Wildman–Crippen MR) is 205 cm³/mol. The third-order valence-corrected chi connectivity index (χ3v) is 12.7. The lowest BCUT2D eigenvalue weighted by atomic mass is 9.73. The molecule has 0 aromatic heterocycles. The van der Waals surface area contributed by atoms with Crippen LogP contribution >= 0.6 is 0 Å². The minimum atomic E-state index is -1.25. The second-order valence-electron chi connectivity index (χ2n) is 16.3. The van der Waals surface area contributed by atoms with E-state index in [0.29, 0.717) is 45.1 Å². The third kappa shape index (κ3) is 7.41. The average molecular weight is 758 g/mol. The molecule has 1 heterocycles. The molecule has 4 aliphatic rings. The maximum atomic E-state index is 14.7. The summed E-state index contributed by atoms with van der Waals surface area (Å²) in [7, 11) is 7.63. The van der Waals surface area contributed by atoms with Gasteiger partial charge >= 0.3 is 12.1 Å². The molecule has 55 heavy (non-hydrogen) atoms. The zero-order valence-electron chi connectivity index (χ0n) is 32.9. The Bertz CT molecular complexity index is 1770. The van der Waals surface area contributed by atoms with Gasteiger partial charge in [-0.1, -0.05) is 68.3 Å². The Morgan fingerprint density at radius 1 is 0.836 bits per heavy atom. The molecule has 0 spiro atoms. The third-order valence-electron chi connectivity index (χ3n) is 12.7. The summed E-state index contributed by atoms with van der Waals surface area (Å²) in [5.74, 6) is -3.26. The maximum absolute atomic E-state index is 14.7. The standard InChI is InChI=1S/C42H55N5O8/c1-26-22-34(47(24-26)41(54)55-25-32-30-18-11-9-16-28(30)29-17-10-12-19-31(29)32)38(51)46(6)42(20-13-21-42)40(53)45(5)36(27-14-7-8-15-27)39(52)44(4)33(23-35(48)49)37(50)43(2)3/h9-12,16-19,26-27,32-34,36H,7-8,13-15,20-25H2,1-6H3,(H,48,49)/t26-,33?,34-,36?/m0/s1. The van der Waals surface area contributed by atoms with Gasteiger partial charge in [-0.2, -0.15) is 0 Å². The van der Waals surface area contributed by atoms with Crippen LogP contribution in [0, 0.1) is 11.8 Å². The Kier molecular flexibility index (Phi) is 11.6. The quantitative estimate of drug-likeness (QED) is 0.335. The fourth-order valence-corrected chi connectivity index (χ4v) is 9.42. The molecule has 2 saturated carbocycles. The molecule has 4 atom stereocenters. The summed E-state index contributed by atoms with van der Waals surface area (Å²) >= 11 is 0. The van der Waals surface area contributed by atoms with Gasteiger partial charge in [0.2, 0.25) is 23.6 Å². The normalized spacial score (nSPS) is 21.1. The van der Waals surface area contributed by atoms with Gasteiger partial charge in [-0.25, -0.2) is 4.79 Å². The highest BCUT2D eigenvalue weighted by molar-refractivity contribution is 5.98. The van der Waals surface area contributed by atoms with Gasteiger partial charge in [0, 0.05) is 47.7 Å². The molecule has 296 valence electrons. The van der Waals surface area contributed by atoms with E-state index in [4.69, 9.17) is 4.74 Å². The van der Waals surface area contributed by atoms with Crippen molar-refractivity contribution < 1.29 is 38.6 Å². The van der Waals surface area contributed by atoms with Crippen LogP contribution < -0.4 is 0 Å².